The second kappa shape index (κ2) is 43.3. The van der Waals surface area contributed by atoms with Gasteiger partial charge in [-0.05, 0) is 12.8 Å². The first-order valence-electron chi connectivity index (χ1n) is 29.3. The normalized spacial score (nSPS) is 25.9. The summed E-state index contributed by atoms with van der Waals surface area (Å²) in [5.41, 5.74) is 0. The van der Waals surface area contributed by atoms with Crippen molar-refractivity contribution >= 4 is 5.91 Å². The van der Waals surface area contributed by atoms with Gasteiger partial charge in [-0.15, -0.1) is 0 Å². The second-order valence-corrected chi connectivity index (χ2v) is 21.1. The van der Waals surface area contributed by atoms with Crippen LogP contribution >= 0.6 is 0 Å². The standard InChI is InChI=1S/C56H109NO13/c1-3-5-7-9-11-12-13-14-15-16-17-18-19-20-21-22-23-24-25-26-27-28-29-30-31-32-33-34-35-37-39-45(60)44(57-48(61)40-38-36-10-8-6-4-2)43-67-55-53(66)51(64)54(47(42-59)69-55)70-56-52(65)50(63)49(62)46(41-58)68-56/h44-47,49-56,58-60,62-66H,3-43H2,1-2H3,(H,57,61). The maximum Gasteiger partial charge on any atom is 0.220 e. The number of carbonyl (C=O) groups is 1. The summed E-state index contributed by atoms with van der Waals surface area (Å²) in [5, 5.41) is 86.8. The highest BCUT2D eigenvalue weighted by Crippen LogP contribution is 2.30. The van der Waals surface area contributed by atoms with E-state index in [0.717, 1.165) is 57.8 Å². The van der Waals surface area contributed by atoms with Crippen LogP contribution in [0.3, 0.4) is 0 Å². The maximum atomic E-state index is 13.0. The topological polar surface area (TPSA) is 228 Å². The number of hydrogen-bond donors (Lipinski definition) is 9. The molecule has 12 unspecified atom stereocenters. The molecule has 0 aliphatic carbocycles. The zero-order valence-corrected chi connectivity index (χ0v) is 44.5. The van der Waals surface area contributed by atoms with Crippen molar-refractivity contribution in [2.45, 2.75) is 331 Å². The van der Waals surface area contributed by atoms with E-state index in [9.17, 15) is 45.6 Å². The third-order valence-electron chi connectivity index (χ3n) is 14.8. The lowest BCUT2D eigenvalue weighted by Crippen LogP contribution is -2.65. The Balaban J connectivity index is 1.59. The Morgan fingerprint density at radius 1 is 0.457 bits per heavy atom. The highest BCUT2D eigenvalue weighted by molar-refractivity contribution is 5.76. The van der Waals surface area contributed by atoms with Crippen LogP contribution in [0.5, 0.6) is 0 Å². The van der Waals surface area contributed by atoms with Gasteiger partial charge in [-0.2, -0.15) is 0 Å². The summed E-state index contributed by atoms with van der Waals surface area (Å²) >= 11 is 0. The molecule has 2 aliphatic heterocycles. The highest BCUT2D eigenvalue weighted by atomic mass is 16.7. The van der Waals surface area contributed by atoms with Gasteiger partial charge in [0.25, 0.3) is 0 Å². The fourth-order valence-electron chi connectivity index (χ4n) is 10.1. The van der Waals surface area contributed by atoms with Gasteiger partial charge in [0.1, 0.15) is 48.8 Å². The average Bonchev–Trinajstić information content (AvgIpc) is 3.36. The Labute approximate surface area is 425 Å². The summed E-state index contributed by atoms with van der Waals surface area (Å²) < 4.78 is 22.7. The van der Waals surface area contributed by atoms with E-state index in [-0.39, 0.29) is 12.5 Å². The Morgan fingerprint density at radius 3 is 1.21 bits per heavy atom. The molecule has 2 rings (SSSR count). The third-order valence-corrected chi connectivity index (χ3v) is 14.8. The Hall–Kier alpha value is -1.01. The number of nitrogens with one attached hydrogen (secondary N) is 1. The highest BCUT2D eigenvalue weighted by Gasteiger charge is 2.51. The van der Waals surface area contributed by atoms with Crippen LogP contribution in [0.15, 0.2) is 0 Å². The quantitative estimate of drug-likeness (QED) is 0.0259. The predicted octanol–water partition coefficient (Wildman–Crippen LogP) is 9.34. The molecule has 0 aromatic rings. The summed E-state index contributed by atoms with van der Waals surface area (Å²) in [6.07, 6.45) is 30.4. The molecule has 2 aliphatic rings. The van der Waals surface area contributed by atoms with E-state index >= 15 is 0 Å². The fourth-order valence-corrected chi connectivity index (χ4v) is 10.1. The van der Waals surface area contributed by atoms with Gasteiger partial charge in [0, 0.05) is 6.42 Å². The van der Waals surface area contributed by atoms with E-state index in [0.29, 0.717) is 12.8 Å². The van der Waals surface area contributed by atoms with Crippen LogP contribution < -0.4 is 5.32 Å². The van der Waals surface area contributed by atoms with E-state index in [1.807, 2.05) is 0 Å². The van der Waals surface area contributed by atoms with Crippen LogP contribution in [-0.4, -0.2) is 140 Å². The summed E-state index contributed by atoms with van der Waals surface area (Å²) in [6.45, 7) is 2.81. The van der Waals surface area contributed by atoms with Crippen LogP contribution in [0, 0.1) is 0 Å². The van der Waals surface area contributed by atoms with Gasteiger partial charge in [0.05, 0.1) is 32.0 Å². The zero-order valence-electron chi connectivity index (χ0n) is 44.5. The molecule has 0 saturated carbocycles. The summed E-state index contributed by atoms with van der Waals surface area (Å²) in [4.78, 5) is 13.0. The molecule has 12 atom stereocenters. The Bertz CT molecular complexity index is 1180. The number of rotatable bonds is 47. The third kappa shape index (κ3) is 29.2. The molecular formula is C56H109NO13. The molecule has 9 N–H and O–H groups in total. The lowest BCUT2D eigenvalue weighted by Gasteiger charge is -2.46. The van der Waals surface area contributed by atoms with Gasteiger partial charge in [0.15, 0.2) is 12.6 Å². The SMILES string of the molecule is CCCCCCCCCCCCCCCCCCCCCCCCCCCCCCCCC(O)C(COC1OC(CO)C(OC2OC(CO)C(O)C(O)C2O)C(O)C1O)NC(=O)CCCCCCCC. The largest absolute Gasteiger partial charge is 0.394 e. The van der Waals surface area contributed by atoms with Crippen molar-refractivity contribution in [3.63, 3.8) is 0 Å². The number of aliphatic hydroxyl groups excluding tert-OH is 8. The molecular weight excluding hydrogens is 895 g/mol. The fraction of sp³-hybridized carbons (Fsp3) is 0.982. The van der Waals surface area contributed by atoms with Crippen molar-refractivity contribution in [3.8, 4) is 0 Å². The predicted molar refractivity (Wildman–Crippen MR) is 277 cm³/mol. The van der Waals surface area contributed by atoms with Crippen molar-refractivity contribution in [1.82, 2.24) is 5.32 Å². The molecule has 0 bridgehead atoms. The molecule has 14 nitrogen and oxygen atoms in total. The number of aliphatic hydroxyl groups is 8. The first-order valence-corrected chi connectivity index (χ1v) is 29.3. The minimum Gasteiger partial charge on any atom is -0.394 e. The van der Waals surface area contributed by atoms with Crippen molar-refractivity contribution in [2.75, 3.05) is 19.8 Å². The van der Waals surface area contributed by atoms with Crippen LogP contribution in [0.2, 0.25) is 0 Å². The summed E-state index contributed by atoms with van der Waals surface area (Å²) in [7, 11) is 0. The average molecular weight is 1000 g/mol. The van der Waals surface area contributed by atoms with Crippen LogP contribution in [0.4, 0.5) is 0 Å². The minimum absolute atomic E-state index is 0.213. The minimum atomic E-state index is -1.78. The number of amides is 1. The molecule has 2 heterocycles. The molecule has 1 amide bonds. The lowest BCUT2D eigenvalue weighted by atomic mass is 9.97. The van der Waals surface area contributed by atoms with Gasteiger partial charge in [-0.25, -0.2) is 0 Å². The van der Waals surface area contributed by atoms with Crippen LogP contribution in [0.25, 0.3) is 0 Å². The first-order chi connectivity index (χ1) is 34.1. The van der Waals surface area contributed by atoms with Gasteiger partial charge < -0.3 is 65.1 Å². The summed E-state index contributed by atoms with van der Waals surface area (Å²) in [6, 6.07) is -0.820. The van der Waals surface area contributed by atoms with Crippen molar-refractivity contribution in [3.05, 3.63) is 0 Å². The molecule has 0 radical (unpaired) electrons. The molecule has 0 spiro atoms. The van der Waals surface area contributed by atoms with Gasteiger partial charge in [0.2, 0.25) is 5.91 Å². The van der Waals surface area contributed by atoms with Gasteiger partial charge in [-0.1, -0.05) is 239 Å². The van der Waals surface area contributed by atoms with Gasteiger partial charge >= 0.3 is 0 Å². The molecule has 70 heavy (non-hydrogen) atoms. The molecule has 0 aromatic carbocycles. The number of unbranched alkanes of at least 4 members (excludes halogenated alkanes) is 34. The van der Waals surface area contributed by atoms with E-state index < -0.39 is 86.8 Å². The molecule has 14 heteroatoms. The number of ether oxygens (including phenoxy) is 4. The van der Waals surface area contributed by atoms with Crippen LogP contribution in [-0.2, 0) is 23.7 Å². The number of carbonyl (C=O) groups excluding carboxylic acids is 1. The Kier molecular flexibility index (Phi) is 40.2. The lowest BCUT2D eigenvalue weighted by molar-refractivity contribution is -0.359. The van der Waals surface area contributed by atoms with Gasteiger partial charge in [-0.3, -0.25) is 4.79 Å². The van der Waals surface area contributed by atoms with Crippen LogP contribution in [0.1, 0.15) is 258 Å². The van der Waals surface area contributed by atoms with Crippen molar-refractivity contribution in [2.24, 2.45) is 0 Å². The Morgan fingerprint density at radius 2 is 0.814 bits per heavy atom. The van der Waals surface area contributed by atoms with E-state index in [2.05, 4.69) is 19.2 Å². The molecule has 2 saturated heterocycles. The second-order valence-electron chi connectivity index (χ2n) is 21.1. The number of hydrogen-bond acceptors (Lipinski definition) is 13. The van der Waals surface area contributed by atoms with Crippen molar-refractivity contribution in [1.29, 1.82) is 0 Å². The van der Waals surface area contributed by atoms with E-state index in [4.69, 9.17) is 18.9 Å². The summed E-state index contributed by atoms with van der Waals surface area (Å²) in [5.74, 6) is -0.213. The molecule has 2 fully saturated rings. The van der Waals surface area contributed by atoms with E-state index in [1.165, 1.54) is 173 Å². The molecule has 0 aromatic heterocycles. The monoisotopic (exact) mass is 1000 g/mol. The smallest absolute Gasteiger partial charge is 0.220 e. The van der Waals surface area contributed by atoms with E-state index in [1.54, 1.807) is 0 Å². The maximum absolute atomic E-state index is 13.0. The first kappa shape index (κ1) is 65.1. The molecule has 416 valence electrons. The zero-order chi connectivity index (χ0) is 51.0. The van der Waals surface area contributed by atoms with Crippen molar-refractivity contribution < 1.29 is 64.6 Å².